The SMILES string of the molecule is OC1CCN(CCOc2ccc(Br)cc2F)CC1. The van der Waals surface area contributed by atoms with E-state index in [1.165, 1.54) is 6.07 Å². The summed E-state index contributed by atoms with van der Waals surface area (Å²) in [7, 11) is 0. The van der Waals surface area contributed by atoms with E-state index >= 15 is 0 Å². The van der Waals surface area contributed by atoms with Gasteiger partial charge >= 0.3 is 0 Å². The van der Waals surface area contributed by atoms with Crippen molar-refractivity contribution < 1.29 is 14.2 Å². The second-order valence-corrected chi connectivity index (χ2v) is 5.41. The molecule has 1 fully saturated rings. The van der Waals surface area contributed by atoms with Crippen LogP contribution in [0.1, 0.15) is 12.8 Å². The summed E-state index contributed by atoms with van der Waals surface area (Å²) in [6.07, 6.45) is 1.46. The molecule has 0 atom stereocenters. The maximum atomic E-state index is 13.5. The molecular weight excluding hydrogens is 301 g/mol. The second-order valence-electron chi connectivity index (χ2n) is 4.50. The summed E-state index contributed by atoms with van der Waals surface area (Å²) in [6, 6.07) is 4.78. The highest BCUT2D eigenvalue weighted by atomic mass is 79.9. The lowest BCUT2D eigenvalue weighted by atomic mass is 10.1. The molecule has 0 spiro atoms. The zero-order chi connectivity index (χ0) is 13.0. The Hall–Kier alpha value is -0.650. The number of aliphatic hydroxyl groups is 1. The topological polar surface area (TPSA) is 32.7 Å². The summed E-state index contributed by atoms with van der Waals surface area (Å²) < 4.78 is 19.6. The van der Waals surface area contributed by atoms with E-state index in [0.717, 1.165) is 32.5 Å². The minimum Gasteiger partial charge on any atom is -0.489 e. The molecule has 5 heteroatoms. The summed E-state index contributed by atoms with van der Waals surface area (Å²) in [6.45, 7) is 3.00. The maximum absolute atomic E-state index is 13.5. The number of hydrogen-bond acceptors (Lipinski definition) is 3. The lowest BCUT2D eigenvalue weighted by molar-refractivity contribution is 0.0752. The maximum Gasteiger partial charge on any atom is 0.166 e. The van der Waals surface area contributed by atoms with E-state index in [-0.39, 0.29) is 17.7 Å². The average Bonchev–Trinajstić information content (AvgIpc) is 2.34. The average molecular weight is 318 g/mol. The van der Waals surface area contributed by atoms with Crippen LogP contribution >= 0.6 is 15.9 Å². The molecular formula is C13H17BrFNO2. The van der Waals surface area contributed by atoms with Crippen LogP contribution in [0, 0.1) is 5.82 Å². The van der Waals surface area contributed by atoms with Crippen molar-refractivity contribution in [3.63, 3.8) is 0 Å². The van der Waals surface area contributed by atoms with Crippen LogP contribution in [-0.2, 0) is 0 Å². The number of rotatable bonds is 4. The van der Waals surface area contributed by atoms with Gasteiger partial charge in [0.05, 0.1) is 6.10 Å². The van der Waals surface area contributed by atoms with Gasteiger partial charge in [-0.3, -0.25) is 4.90 Å². The third-order valence-electron chi connectivity index (χ3n) is 3.12. The Labute approximate surface area is 115 Å². The molecule has 100 valence electrons. The van der Waals surface area contributed by atoms with Crippen LogP contribution in [0.2, 0.25) is 0 Å². The first-order valence-corrected chi connectivity index (χ1v) is 6.93. The molecule has 0 bridgehead atoms. The van der Waals surface area contributed by atoms with Gasteiger partial charge in [-0.05, 0) is 31.0 Å². The molecule has 18 heavy (non-hydrogen) atoms. The molecule has 0 radical (unpaired) electrons. The van der Waals surface area contributed by atoms with E-state index in [2.05, 4.69) is 20.8 Å². The molecule has 0 aliphatic carbocycles. The van der Waals surface area contributed by atoms with E-state index in [9.17, 15) is 9.50 Å². The first-order chi connectivity index (χ1) is 8.65. The number of hydrogen-bond donors (Lipinski definition) is 1. The van der Waals surface area contributed by atoms with Crippen LogP contribution in [0.3, 0.4) is 0 Å². The fourth-order valence-corrected chi connectivity index (χ4v) is 2.35. The van der Waals surface area contributed by atoms with Gasteiger partial charge in [-0.1, -0.05) is 15.9 Å². The lowest BCUT2D eigenvalue weighted by Gasteiger charge is -2.29. The van der Waals surface area contributed by atoms with Crippen molar-refractivity contribution >= 4 is 15.9 Å². The predicted octanol–water partition coefficient (Wildman–Crippen LogP) is 2.42. The summed E-state index contributed by atoms with van der Waals surface area (Å²) in [5.41, 5.74) is 0. The molecule has 1 N–H and O–H groups in total. The Balaban J connectivity index is 1.75. The smallest absolute Gasteiger partial charge is 0.166 e. The minimum atomic E-state index is -0.349. The van der Waals surface area contributed by atoms with Crippen molar-refractivity contribution in [3.05, 3.63) is 28.5 Å². The second kappa shape index (κ2) is 6.50. The van der Waals surface area contributed by atoms with E-state index in [4.69, 9.17) is 4.74 Å². The lowest BCUT2D eigenvalue weighted by Crippen LogP contribution is -2.38. The summed E-state index contributed by atoms with van der Waals surface area (Å²) in [5.74, 6) is -0.0614. The number of nitrogens with zero attached hydrogens (tertiary/aromatic N) is 1. The van der Waals surface area contributed by atoms with Gasteiger partial charge in [0, 0.05) is 24.1 Å². The van der Waals surface area contributed by atoms with Crippen molar-refractivity contribution in [1.82, 2.24) is 4.90 Å². The van der Waals surface area contributed by atoms with E-state index in [1.54, 1.807) is 12.1 Å². The highest BCUT2D eigenvalue weighted by Gasteiger charge is 2.16. The van der Waals surface area contributed by atoms with Crippen molar-refractivity contribution in [2.75, 3.05) is 26.2 Å². The number of benzene rings is 1. The predicted molar refractivity (Wildman–Crippen MR) is 71.3 cm³/mol. The Bertz CT molecular complexity index is 395. The van der Waals surface area contributed by atoms with Gasteiger partial charge in [0.2, 0.25) is 0 Å². The summed E-state index contributed by atoms with van der Waals surface area (Å²) in [5, 5.41) is 9.38. The van der Waals surface area contributed by atoms with E-state index in [0.29, 0.717) is 11.1 Å². The Morgan fingerprint density at radius 3 is 2.78 bits per heavy atom. The van der Waals surface area contributed by atoms with Crippen molar-refractivity contribution in [1.29, 1.82) is 0 Å². The molecule has 0 unspecified atom stereocenters. The fourth-order valence-electron chi connectivity index (χ4n) is 2.02. The third kappa shape index (κ3) is 3.93. The molecule has 1 heterocycles. The van der Waals surface area contributed by atoms with Gasteiger partial charge in [0.1, 0.15) is 6.61 Å². The van der Waals surface area contributed by atoms with Gasteiger partial charge in [-0.2, -0.15) is 0 Å². The van der Waals surface area contributed by atoms with Crippen LogP contribution in [0.5, 0.6) is 5.75 Å². The zero-order valence-electron chi connectivity index (χ0n) is 10.1. The number of ether oxygens (including phenoxy) is 1. The fraction of sp³-hybridized carbons (Fsp3) is 0.538. The van der Waals surface area contributed by atoms with Crippen LogP contribution in [0.25, 0.3) is 0 Å². The number of likely N-dealkylation sites (tertiary alicyclic amines) is 1. The molecule has 1 aliphatic rings. The molecule has 1 aromatic carbocycles. The van der Waals surface area contributed by atoms with Gasteiger partial charge in [0.15, 0.2) is 11.6 Å². The van der Waals surface area contributed by atoms with Gasteiger partial charge in [-0.15, -0.1) is 0 Å². The van der Waals surface area contributed by atoms with Crippen LogP contribution in [0.15, 0.2) is 22.7 Å². The zero-order valence-corrected chi connectivity index (χ0v) is 11.7. The number of halogens is 2. The van der Waals surface area contributed by atoms with Crippen LogP contribution in [-0.4, -0.2) is 42.4 Å². The molecule has 2 rings (SSSR count). The molecule has 0 amide bonds. The largest absolute Gasteiger partial charge is 0.489 e. The van der Waals surface area contributed by atoms with Crippen LogP contribution < -0.4 is 4.74 Å². The Morgan fingerprint density at radius 1 is 1.39 bits per heavy atom. The molecule has 1 saturated heterocycles. The quantitative estimate of drug-likeness (QED) is 0.925. The third-order valence-corrected chi connectivity index (χ3v) is 3.61. The summed E-state index contributed by atoms with van der Waals surface area (Å²) in [4.78, 5) is 2.23. The summed E-state index contributed by atoms with van der Waals surface area (Å²) >= 11 is 3.21. The molecule has 3 nitrogen and oxygen atoms in total. The van der Waals surface area contributed by atoms with Crippen molar-refractivity contribution in [3.8, 4) is 5.75 Å². The van der Waals surface area contributed by atoms with Crippen molar-refractivity contribution in [2.24, 2.45) is 0 Å². The Kier molecular flexibility index (Phi) is 4.97. The molecule has 0 saturated carbocycles. The normalized spacial score (nSPS) is 17.9. The van der Waals surface area contributed by atoms with Gasteiger partial charge < -0.3 is 9.84 Å². The number of piperidine rings is 1. The van der Waals surface area contributed by atoms with Gasteiger partial charge in [0.25, 0.3) is 0 Å². The van der Waals surface area contributed by atoms with Crippen molar-refractivity contribution in [2.45, 2.75) is 18.9 Å². The van der Waals surface area contributed by atoms with Gasteiger partial charge in [-0.25, -0.2) is 4.39 Å². The number of aliphatic hydroxyl groups excluding tert-OH is 1. The molecule has 1 aromatic rings. The highest BCUT2D eigenvalue weighted by molar-refractivity contribution is 9.10. The first-order valence-electron chi connectivity index (χ1n) is 6.13. The standard InChI is InChI=1S/C13H17BrFNO2/c14-10-1-2-13(12(15)9-10)18-8-7-16-5-3-11(17)4-6-16/h1-2,9,11,17H,3-8H2. The highest BCUT2D eigenvalue weighted by Crippen LogP contribution is 2.21. The minimum absolute atomic E-state index is 0.161. The van der Waals surface area contributed by atoms with Crippen LogP contribution in [0.4, 0.5) is 4.39 Å². The molecule has 1 aliphatic heterocycles. The van der Waals surface area contributed by atoms with E-state index < -0.39 is 0 Å². The van der Waals surface area contributed by atoms with E-state index in [1.807, 2.05) is 0 Å². The Morgan fingerprint density at radius 2 is 2.11 bits per heavy atom. The molecule has 0 aromatic heterocycles. The monoisotopic (exact) mass is 317 g/mol. The first kappa shape index (κ1) is 13.8.